The van der Waals surface area contributed by atoms with Gasteiger partial charge in [-0.3, -0.25) is 9.80 Å². The summed E-state index contributed by atoms with van der Waals surface area (Å²) in [4.78, 5) is 9.04. The first-order valence-electron chi connectivity index (χ1n) is 7.53. The molecule has 1 aliphatic rings. The summed E-state index contributed by atoms with van der Waals surface area (Å²) in [5, 5.41) is 3.88. The van der Waals surface area contributed by atoms with Crippen molar-refractivity contribution in [3.05, 3.63) is 35.4 Å². The molecular formula is C15H22N4O3. The van der Waals surface area contributed by atoms with E-state index in [9.17, 15) is 0 Å². The molecule has 2 aromatic rings. The number of rotatable bonds is 6. The number of aromatic nitrogens is 2. The van der Waals surface area contributed by atoms with Gasteiger partial charge in [0.2, 0.25) is 5.89 Å². The van der Waals surface area contributed by atoms with E-state index >= 15 is 0 Å². The van der Waals surface area contributed by atoms with Crippen LogP contribution < -0.4 is 0 Å². The lowest BCUT2D eigenvalue weighted by Crippen LogP contribution is -2.45. The van der Waals surface area contributed by atoms with E-state index in [1.165, 1.54) is 0 Å². The van der Waals surface area contributed by atoms with Crippen molar-refractivity contribution in [2.45, 2.75) is 26.6 Å². The maximum atomic E-state index is 5.63. The van der Waals surface area contributed by atoms with Crippen LogP contribution in [0.4, 0.5) is 0 Å². The van der Waals surface area contributed by atoms with E-state index in [2.05, 4.69) is 26.0 Å². The number of methoxy groups -OCH3 is 1. The van der Waals surface area contributed by atoms with Crippen molar-refractivity contribution < 1.29 is 13.7 Å². The predicted molar refractivity (Wildman–Crippen MR) is 79.0 cm³/mol. The summed E-state index contributed by atoms with van der Waals surface area (Å²) >= 11 is 0. The van der Waals surface area contributed by atoms with Crippen molar-refractivity contribution in [1.82, 2.24) is 19.9 Å². The van der Waals surface area contributed by atoms with Crippen molar-refractivity contribution in [3.63, 3.8) is 0 Å². The molecule has 0 radical (unpaired) electrons. The molecule has 0 spiro atoms. The molecule has 1 saturated heterocycles. The Kier molecular flexibility index (Phi) is 4.87. The molecule has 0 unspecified atom stereocenters. The van der Waals surface area contributed by atoms with Gasteiger partial charge in [0, 0.05) is 33.3 Å². The maximum Gasteiger partial charge on any atom is 0.240 e. The molecular weight excluding hydrogens is 284 g/mol. The number of hydrogen-bond donors (Lipinski definition) is 0. The van der Waals surface area contributed by atoms with Gasteiger partial charge in [0.1, 0.15) is 18.1 Å². The topological polar surface area (TPSA) is 67.8 Å². The third kappa shape index (κ3) is 3.94. The fraction of sp³-hybridized carbons (Fsp3) is 0.600. The molecule has 1 aliphatic heterocycles. The summed E-state index contributed by atoms with van der Waals surface area (Å²) in [5.41, 5.74) is 0. The predicted octanol–water partition coefficient (Wildman–Crippen LogP) is 1.44. The van der Waals surface area contributed by atoms with E-state index in [1.807, 2.05) is 13.0 Å². The van der Waals surface area contributed by atoms with Crippen LogP contribution in [0.25, 0.3) is 0 Å². The smallest absolute Gasteiger partial charge is 0.240 e. The average molecular weight is 306 g/mol. The van der Waals surface area contributed by atoms with Crippen LogP contribution in [0.3, 0.4) is 0 Å². The Balaban J connectivity index is 1.44. The number of ether oxygens (including phenoxy) is 1. The Morgan fingerprint density at radius 1 is 1.14 bits per heavy atom. The molecule has 120 valence electrons. The van der Waals surface area contributed by atoms with Gasteiger partial charge in [-0.05, 0) is 19.1 Å². The molecule has 2 aromatic heterocycles. The van der Waals surface area contributed by atoms with E-state index in [-0.39, 0.29) is 0 Å². The summed E-state index contributed by atoms with van der Waals surface area (Å²) in [6.07, 6.45) is 0. The quantitative estimate of drug-likeness (QED) is 0.799. The summed E-state index contributed by atoms with van der Waals surface area (Å²) < 4.78 is 15.9. The second kappa shape index (κ2) is 7.04. The van der Waals surface area contributed by atoms with Crippen molar-refractivity contribution in [2.75, 3.05) is 33.3 Å². The molecule has 22 heavy (non-hydrogen) atoms. The van der Waals surface area contributed by atoms with Gasteiger partial charge in [-0.2, -0.15) is 4.98 Å². The molecule has 3 rings (SSSR count). The minimum Gasteiger partial charge on any atom is -0.465 e. The minimum atomic E-state index is 0.389. The normalized spacial score (nSPS) is 17.2. The van der Waals surface area contributed by atoms with Crippen molar-refractivity contribution in [2.24, 2.45) is 0 Å². The van der Waals surface area contributed by atoms with Gasteiger partial charge in [-0.25, -0.2) is 0 Å². The first kappa shape index (κ1) is 15.2. The van der Waals surface area contributed by atoms with Crippen LogP contribution in [0.15, 0.2) is 21.1 Å². The van der Waals surface area contributed by atoms with E-state index in [0.29, 0.717) is 24.9 Å². The molecule has 7 nitrogen and oxygen atoms in total. The maximum absolute atomic E-state index is 5.63. The number of piperazine rings is 1. The Morgan fingerprint density at radius 3 is 2.50 bits per heavy atom. The Morgan fingerprint density at radius 2 is 1.86 bits per heavy atom. The van der Waals surface area contributed by atoms with Crippen LogP contribution >= 0.6 is 0 Å². The van der Waals surface area contributed by atoms with E-state index in [0.717, 1.165) is 44.2 Å². The number of hydrogen-bond acceptors (Lipinski definition) is 7. The molecule has 1 fully saturated rings. The molecule has 0 aliphatic carbocycles. The number of nitrogens with zero attached hydrogens (tertiary/aromatic N) is 4. The van der Waals surface area contributed by atoms with Crippen molar-refractivity contribution in [3.8, 4) is 0 Å². The molecule has 0 N–H and O–H groups in total. The first-order chi connectivity index (χ1) is 10.7. The molecule has 0 saturated carbocycles. The van der Waals surface area contributed by atoms with Crippen LogP contribution in [0.2, 0.25) is 0 Å². The van der Waals surface area contributed by atoms with Gasteiger partial charge in [-0.15, -0.1) is 0 Å². The van der Waals surface area contributed by atoms with Gasteiger partial charge in [0.25, 0.3) is 0 Å². The van der Waals surface area contributed by atoms with Gasteiger partial charge >= 0.3 is 0 Å². The van der Waals surface area contributed by atoms with Crippen LogP contribution in [0.5, 0.6) is 0 Å². The highest BCUT2D eigenvalue weighted by Gasteiger charge is 2.20. The summed E-state index contributed by atoms with van der Waals surface area (Å²) in [7, 11) is 1.62. The fourth-order valence-corrected chi connectivity index (χ4v) is 2.63. The van der Waals surface area contributed by atoms with E-state index in [1.54, 1.807) is 7.11 Å². The van der Waals surface area contributed by atoms with Crippen molar-refractivity contribution >= 4 is 0 Å². The van der Waals surface area contributed by atoms with Gasteiger partial charge in [0.15, 0.2) is 5.82 Å². The van der Waals surface area contributed by atoms with E-state index < -0.39 is 0 Å². The molecule has 0 aromatic carbocycles. The lowest BCUT2D eigenvalue weighted by Gasteiger charge is -2.33. The highest BCUT2D eigenvalue weighted by atomic mass is 16.5. The lowest BCUT2D eigenvalue weighted by atomic mass is 10.3. The molecule has 0 atom stereocenters. The van der Waals surface area contributed by atoms with E-state index in [4.69, 9.17) is 13.7 Å². The third-order valence-corrected chi connectivity index (χ3v) is 3.78. The Hall–Kier alpha value is -1.70. The molecule has 7 heteroatoms. The standard InChI is InChI=1S/C15H22N4O3/c1-12-3-4-13(21-12)9-18-5-7-19(8-6-18)10-15-16-14(11-20-2)17-22-15/h3-4H,5-11H2,1-2H3. The number of aryl methyl sites for hydroxylation is 1. The highest BCUT2D eigenvalue weighted by molar-refractivity contribution is 5.05. The van der Waals surface area contributed by atoms with Gasteiger partial charge in [-0.1, -0.05) is 5.16 Å². The molecule has 0 amide bonds. The zero-order valence-electron chi connectivity index (χ0n) is 13.1. The van der Waals surface area contributed by atoms with Gasteiger partial charge in [0.05, 0.1) is 13.1 Å². The highest BCUT2D eigenvalue weighted by Crippen LogP contribution is 2.13. The number of furan rings is 1. The monoisotopic (exact) mass is 306 g/mol. The summed E-state index contributed by atoms with van der Waals surface area (Å²) in [6.45, 7) is 7.94. The van der Waals surface area contributed by atoms with Crippen LogP contribution in [0.1, 0.15) is 23.2 Å². The zero-order valence-corrected chi connectivity index (χ0v) is 13.1. The molecule has 0 bridgehead atoms. The second-order valence-electron chi connectivity index (χ2n) is 5.60. The third-order valence-electron chi connectivity index (χ3n) is 3.78. The zero-order chi connectivity index (χ0) is 15.4. The van der Waals surface area contributed by atoms with Crippen molar-refractivity contribution in [1.29, 1.82) is 0 Å². The van der Waals surface area contributed by atoms with Crippen LogP contribution in [-0.2, 0) is 24.4 Å². The first-order valence-corrected chi connectivity index (χ1v) is 7.53. The largest absolute Gasteiger partial charge is 0.465 e. The lowest BCUT2D eigenvalue weighted by molar-refractivity contribution is 0.106. The van der Waals surface area contributed by atoms with Crippen LogP contribution in [0, 0.1) is 6.92 Å². The van der Waals surface area contributed by atoms with Crippen LogP contribution in [-0.4, -0.2) is 53.2 Å². The fourth-order valence-electron chi connectivity index (χ4n) is 2.63. The van der Waals surface area contributed by atoms with Gasteiger partial charge < -0.3 is 13.7 Å². The minimum absolute atomic E-state index is 0.389. The SMILES string of the molecule is COCc1noc(CN2CCN(Cc3ccc(C)o3)CC2)n1. The molecule has 3 heterocycles. The summed E-state index contributed by atoms with van der Waals surface area (Å²) in [5.74, 6) is 3.26. The summed E-state index contributed by atoms with van der Waals surface area (Å²) in [6, 6.07) is 4.07. The average Bonchev–Trinajstić information content (AvgIpc) is 3.11. The Labute approximate surface area is 129 Å². The Bertz CT molecular complexity index is 587. The second-order valence-corrected chi connectivity index (χ2v) is 5.60.